The summed E-state index contributed by atoms with van der Waals surface area (Å²) in [6.07, 6.45) is 4.12. The molecule has 0 spiro atoms. The Balaban J connectivity index is 1.93. The van der Waals surface area contributed by atoms with Crippen LogP contribution < -0.4 is 10.6 Å². The number of anilines is 1. The van der Waals surface area contributed by atoms with E-state index in [4.69, 9.17) is 5.73 Å². The fraction of sp³-hybridized carbons (Fsp3) is 0.583. The quantitative estimate of drug-likeness (QED) is 0.860. The van der Waals surface area contributed by atoms with Crippen LogP contribution in [0, 0.1) is 0 Å². The molecule has 3 rings (SSSR count). The van der Waals surface area contributed by atoms with Gasteiger partial charge < -0.3 is 10.6 Å². The van der Waals surface area contributed by atoms with Crippen LogP contribution in [-0.2, 0) is 4.79 Å². The van der Waals surface area contributed by atoms with E-state index >= 15 is 0 Å². The Bertz CT molecular complexity index is 489. The van der Waals surface area contributed by atoms with Crippen molar-refractivity contribution in [1.29, 1.82) is 0 Å². The van der Waals surface area contributed by atoms with Crippen molar-refractivity contribution >= 4 is 27.7 Å². The van der Waals surface area contributed by atoms with Crippen LogP contribution >= 0.6 is 15.9 Å². The molecule has 1 unspecified atom stereocenters. The fourth-order valence-electron chi connectivity index (χ4n) is 2.43. The van der Waals surface area contributed by atoms with Crippen molar-refractivity contribution in [3.8, 4) is 0 Å². The van der Waals surface area contributed by atoms with E-state index in [1.807, 2.05) is 11.0 Å². The molecule has 96 valence electrons. The predicted octanol–water partition coefficient (Wildman–Crippen LogP) is 1.57. The van der Waals surface area contributed by atoms with E-state index in [1.165, 1.54) is 0 Å². The molecular formula is C12H15BrN4O. The number of carbonyl (C=O) groups excluding carboxylic acids is 1. The molecule has 2 N–H and O–H groups in total. The molecule has 1 saturated carbocycles. The first kappa shape index (κ1) is 11.9. The summed E-state index contributed by atoms with van der Waals surface area (Å²) >= 11 is 3.42. The summed E-state index contributed by atoms with van der Waals surface area (Å²) in [7, 11) is 0. The lowest BCUT2D eigenvalue weighted by Gasteiger charge is -2.23. The number of hydrogen-bond acceptors (Lipinski definition) is 4. The maximum absolute atomic E-state index is 11.4. The average Bonchev–Trinajstić information content (AvgIpc) is 3.05. The SMILES string of the molecule is NC(=O)C1CCCN1c1cc(Br)nc(C2CC2)n1. The minimum Gasteiger partial charge on any atom is -0.368 e. The standard InChI is InChI=1S/C12H15BrN4O/c13-9-6-10(16-12(15-9)7-3-4-7)17-5-1-2-8(17)11(14)18/h6-8H,1-5H2,(H2,14,18). The summed E-state index contributed by atoms with van der Waals surface area (Å²) in [6.45, 7) is 0.834. The number of aromatic nitrogens is 2. The second-order valence-electron chi connectivity index (χ2n) is 4.94. The lowest BCUT2D eigenvalue weighted by atomic mass is 10.2. The molecule has 0 bridgehead atoms. The Kier molecular flexibility index (Phi) is 2.97. The number of hydrogen-bond donors (Lipinski definition) is 1. The van der Waals surface area contributed by atoms with Gasteiger partial charge in [-0.3, -0.25) is 4.79 Å². The molecule has 5 nitrogen and oxygen atoms in total. The third-order valence-corrected chi connectivity index (χ3v) is 3.92. The molecule has 0 radical (unpaired) electrons. The van der Waals surface area contributed by atoms with Gasteiger partial charge in [0.2, 0.25) is 5.91 Å². The maximum atomic E-state index is 11.4. The number of halogens is 1. The normalized spacial score (nSPS) is 23.4. The highest BCUT2D eigenvalue weighted by Crippen LogP contribution is 2.39. The first-order valence-corrected chi connectivity index (χ1v) is 7.05. The fourth-order valence-corrected chi connectivity index (χ4v) is 2.82. The lowest BCUT2D eigenvalue weighted by Crippen LogP contribution is -2.40. The zero-order valence-corrected chi connectivity index (χ0v) is 11.6. The van der Waals surface area contributed by atoms with Crippen molar-refractivity contribution in [2.45, 2.75) is 37.6 Å². The van der Waals surface area contributed by atoms with Crippen LogP contribution in [0.4, 0.5) is 5.82 Å². The third kappa shape index (κ3) is 2.21. The van der Waals surface area contributed by atoms with Gasteiger partial charge in [-0.05, 0) is 41.6 Å². The van der Waals surface area contributed by atoms with Crippen LogP contribution in [0.5, 0.6) is 0 Å². The molecule has 1 atom stereocenters. The summed E-state index contributed by atoms with van der Waals surface area (Å²) in [4.78, 5) is 22.4. The number of carbonyl (C=O) groups is 1. The molecule has 2 heterocycles. The number of rotatable bonds is 3. The Morgan fingerprint density at radius 2 is 2.17 bits per heavy atom. The second kappa shape index (κ2) is 4.50. The van der Waals surface area contributed by atoms with Gasteiger partial charge in [-0.25, -0.2) is 9.97 Å². The van der Waals surface area contributed by atoms with Crippen molar-refractivity contribution in [3.63, 3.8) is 0 Å². The minimum atomic E-state index is -0.268. The molecule has 1 saturated heterocycles. The Morgan fingerprint density at radius 3 is 2.83 bits per heavy atom. The molecule has 18 heavy (non-hydrogen) atoms. The molecule has 2 aliphatic rings. The van der Waals surface area contributed by atoms with E-state index in [0.29, 0.717) is 5.92 Å². The van der Waals surface area contributed by atoms with Crippen LogP contribution in [0.2, 0.25) is 0 Å². The van der Waals surface area contributed by atoms with E-state index in [0.717, 1.165) is 48.5 Å². The van der Waals surface area contributed by atoms with Crippen molar-refractivity contribution in [2.24, 2.45) is 5.73 Å². The first-order chi connectivity index (χ1) is 8.65. The molecule has 6 heteroatoms. The number of nitrogens with zero attached hydrogens (tertiary/aromatic N) is 3. The van der Waals surface area contributed by atoms with Crippen molar-refractivity contribution in [2.75, 3.05) is 11.4 Å². The summed E-state index contributed by atoms with van der Waals surface area (Å²) in [6, 6.07) is 1.64. The van der Waals surface area contributed by atoms with Crippen LogP contribution in [0.25, 0.3) is 0 Å². The Morgan fingerprint density at radius 1 is 1.39 bits per heavy atom. The zero-order valence-electron chi connectivity index (χ0n) is 9.97. The minimum absolute atomic E-state index is 0.223. The van der Waals surface area contributed by atoms with Crippen molar-refractivity contribution in [3.05, 3.63) is 16.5 Å². The van der Waals surface area contributed by atoms with Gasteiger partial charge in [-0.1, -0.05) is 0 Å². The molecule has 1 aromatic rings. The van der Waals surface area contributed by atoms with E-state index in [1.54, 1.807) is 0 Å². The zero-order chi connectivity index (χ0) is 12.7. The molecule has 1 aromatic heterocycles. The number of nitrogens with two attached hydrogens (primary N) is 1. The largest absolute Gasteiger partial charge is 0.368 e. The van der Waals surface area contributed by atoms with E-state index in [2.05, 4.69) is 25.9 Å². The Labute approximate surface area is 114 Å². The van der Waals surface area contributed by atoms with Crippen LogP contribution in [0.1, 0.15) is 37.4 Å². The number of primary amides is 1. The van der Waals surface area contributed by atoms with Gasteiger partial charge in [0.1, 0.15) is 22.3 Å². The monoisotopic (exact) mass is 310 g/mol. The smallest absolute Gasteiger partial charge is 0.240 e. The van der Waals surface area contributed by atoms with Gasteiger partial charge >= 0.3 is 0 Å². The van der Waals surface area contributed by atoms with Crippen LogP contribution in [0.15, 0.2) is 10.7 Å². The Hall–Kier alpha value is -1.17. The topological polar surface area (TPSA) is 72.1 Å². The van der Waals surface area contributed by atoms with Crippen molar-refractivity contribution < 1.29 is 4.79 Å². The second-order valence-corrected chi connectivity index (χ2v) is 5.75. The molecule has 2 fully saturated rings. The molecule has 0 aromatic carbocycles. The van der Waals surface area contributed by atoms with Crippen molar-refractivity contribution in [1.82, 2.24) is 9.97 Å². The van der Waals surface area contributed by atoms with E-state index < -0.39 is 0 Å². The molecule has 1 aliphatic carbocycles. The van der Waals surface area contributed by atoms with Crippen LogP contribution in [-0.4, -0.2) is 28.5 Å². The van der Waals surface area contributed by atoms with Crippen LogP contribution in [0.3, 0.4) is 0 Å². The van der Waals surface area contributed by atoms with Gasteiger partial charge in [0, 0.05) is 18.5 Å². The summed E-state index contributed by atoms with van der Waals surface area (Å²) in [5.41, 5.74) is 5.44. The molecule has 1 aliphatic heterocycles. The summed E-state index contributed by atoms with van der Waals surface area (Å²) in [5.74, 6) is 1.93. The predicted molar refractivity (Wildman–Crippen MR) is 71.3 cm³/mol. The van der Waals surface area contributed by atoms with E-state index in [-0.39, 0.29) is 11.9 Å². The highest BCUT2D eigenvalue weighted by Gasteiger charge is 2.32. The van der Waals surface area contributed by atoms with Gasteiger partial charge in [0.25, 0.3) is 0 Å². The highest BCUT2D eigenvalue weighted by atomic mass is 79.9. The summed E-state index contributed by atoms with van der Waals surface area (Å²) in [5, 5.41) is 0. The first-order valence-electron chi connectivity index (χ1n) is 6.25. The average molecular weight is 311 g/mol. The lowest BCUT2D eigenvalue weighted by molar-refractivity contribution is -0.119. The van der Waals surface area contributed by atoms with Gasteiger partial charge in [-0.15, -0.1) is 0 Å². The third-order valence-electron chi connectivity index (χ3n) is 3.52. The molecular weight excluding hydrogens is 296 g/mol. The van der Waals surface area contributed by atoms with Gasteiger partial charge in [-0.2, -0.15) is 0 Å². The van der Waals surface area contributed by atoms with Gasteiger partial charge in [0.05, 0.1) is 0 Å². The summed E-state index contributed by atoms with van der Waals surface area (Å²) < 4.78 is 0.782. The molecule has 1 amide bonds. The van der Waals surface area contributed by atoms with E-state index in [9.17, 15) is 4.79 Å². The highest BCUT2D eigenvalue weighted by molar-refractivity contribution is 9.10. The van der Waals surface area contributed by atoms with Gasteiger partial charge in [0.15, 0.2) is 0 Å². The number of amides is 1. The maximum Gasteiger partial charge on any atom is 0.240 e.